The molecule has 2 N–H and O–H groups in total. The van der Waals surface area contributed by atoms with Gasteiger partial charge < -0.3 is 19.9 Å². The zero-order valence-corrected chi connectivity index (χ0v) is 19.5. The summed E-state index contributed by atoms with van der Waals surface area (Å²) in [7, 11) is 9.53. The highest BCUT2D eigenvalue weighted by molar-refractivity contribution is 6.33. The van der Waals surface area contributed by atoms with Gasteiger partial charge in [0.15, 0.2) is 0 Å². The fourth-order valence-electron chi connectivity index (χ4n) is 4.19. The van der Waals surface area contributed by atoms with Gasteiger partial charge in [-0.1, -0.05) is 78.3 Å². The van der Waals surface area contributed by atoms with Crippen LogP contribution in [0.5, 0.6) is 11.5 Å². The van der Waals surface area contributed by atoms with Crippen molar-refractivity contribution in [2.75, 3.05) is 14.2 Å². The van der Waals surface area contributed by atoms with Gasteiger partial charge in [-0.2, -0.15) is 0 Å². The third kappa shape index (κ3) is 4.72. The third-order valence-electron chi connectivity index (χ3n) is 6.06. The first-order valence-corrected chi connectivity index (χ1v) is 11.2. The van der Waals surface area contributed by atoms with E-state index >= 15 is 0 Å². The van der Waals surface area contributed by atoms with E-state index in [1.54, 1.807) is 14.2 Å². The normalized spacial score (nSPS) is 11.3. The molecule has 0 bridgehead atoms. The molecule has 0 amide bonds. The second-order valence-electron chi connectivity index (χ2n) is 8.03. The van der Waals surface area contributed by atoms with Gasteiger partial charge in [-0.15, -0.1) is 0 Å². The molecule has 4 aromatic rings. The van der Waals surface area contributed by atoms with Crippen LogP contribution in [0.25, 0.3) is 0 Å². The first-order chi connectivity index (χ1) is 16.6. The topological polar surface area (TPSA) is 53.7 Å². The summed E-state index contributed by atoms with van der Waals surface area (Å²) in [6.07, 6.45) is 0. The summed E-state index contributed by atoms with van der Waals surface area (Å²) in [4.78, 5) is 0. The van der Waals surface area contributed by atoms with Crippen LogP contribution < -0.4 is 20.7 Å². The number of benzene rings is 4. The van der Waals surface area contributed by atoms with Gasteiger partial charge in [0.25, 0.3) is 0 Å². The fourth-order valence-corrected chi connectivity index (χ4v) is 4.19. The average molecular weight is 449 g/mol. The van der Waals surface area contributed by atoms with Gasteiger partial charge in [-0.25, -0.2) is 0 Å². The molecule has 5 heteroatoms. The van der Waals surface area contributed by atoms with Crippen LogP contribution in [0, 0.1) is 0 Å². The van der Waals surface area contributed by atoms with Crippen molar-refractivity contribution in [3.8, 4) is 11.5 Å². The molecule has 0 aromatic heterocycles. The van der Waals surface area contributed by atoms with Crippen molar-refractivity contribution >= 4 is 13.3 Å². The molecule has 0 aliphatic rings. The molecule has 170 valence electrons. The minimum absolute atomic E-state index is 0.349. The summed E-state index contributed by atoms with van der Waals surface area (Å²) in [5.74, 6) is 1.57. The maximum Gasteiger partial charge on any atom is 0.144 e. The Morgan fingerprint density at radius 2 is 1.24 bits per heavy atom. The lowest BCUT2D eigenvalue weighted by Gasteiger charge is -2.36. The molecule has 0 heterocycles. The van der Waals surface area contributed by atoms with Gasteiger partial charge in [0.05, 0.1) is 20.8 Å². The summed E-state index contributed by atoms with van der Waals surface area (Å²) in [6.45, 7) is 0.751. The first-order valence-electron chi connectivity index (χ1n) is 11.2. The second kappa shape index (κ2) is 10.6. The van der Waals surface area contributed by atoms with E-state index in [0.29, 0.717) is 18.6 Å². The number of ether oxygens (including phenoxy) is 3. The molecule has 0 saturated carbocycles. The van der Waals surface area contributed by atoms with Gasteiger partial charge in [-0.05, 0) is 52.1 Å². The molecule has 2 radical (unpaired) electrons. The SMILES string of the molecule is [B]c1cc(COC(c2ccccc2)(c2ccc(OC)cc2)c2ccc(OC)cc2)ccc1CN. The van der Waals surface area contributed by atoms with Crippen LogP contribution in [0.2, 0.25) is 0 Å². The maximum atomic E-state index is 6.88. The highest BCUT2D eigenvalue weighted by atomic mass is 16.5. The van der Waals surface area contributed by atoms with Crippen molar-refractivity contribution in [1.82, 2.24) is 0 Å². The standard InChI is InChI=1S/C29H28BNO3/c1-32-26-14-10-24(11-15-26)29(23-6-4-3-5-7-23,25-12-16-27(33-2)17-13-25)34-20-21-8-9-22(19-31)28(30)18-21/h3-18H,19-20,31H2,1-2H3. The van der Waals surface area contributed by atoms with Crippen LogP contribution in [-0.2, 0) is 23.5 Å². The Kier molecular flexibility index (Phi) is 7.36. The number of nitrogens with two attached hydrogens (primary N) is 1. The van der Waals surface area contributed by atoms with E-state index in [1.807, 2.05) is 84.9 Å². The van der Waals surface area contributed by atoms with E-state index in [2.05, 4.69) is 12.1 Å². The van der Waals surface area contributed by atoms with E-state index in [-0.39, 0.29) is 0 Å². The number of methoxy groups -OCH3 is 2. The highest BCUT2D eigenvalue weighted by Gasteiger charge is 2.38. The zero-order valence-electron chi connectivity index (χ0n) is 19.5. The number of rotatable bonds is 9. The number of hydrogen-bond acceptors (Lipinski definition) is 4. The molecule has 4 aromatic carbocycles. The molecule has 0 spiro atoms. The molecule has 0 aliphatic carbocycles. The van der Waals surface area contributed by atoms with Gasteiger partial charge >= 0.3 is 0 Å². The van der Waals surface area contributed by atoms with E-state index in [9.17, 15) is 0 Å². The largest absolute Gasteiger partial charge is 0.497 e. The van der Waals surface area contributed by atoms with Crippen molar-refractivity contribution in [1.29, 1.82) is 0 Å². The van der Waals surface area contributed by atoms with Crippen molar-refractivity contribution in [3.05, 3.63) is 125 Å². The molecule has 0 saturated heterocycles. The third-order valence-corrected chi connectivity index (χ3v) is 6.06. The zero-order chi connectivity index (χ0) is 24.0. The van der Waals surface area contributed by atoms with Crippen molar-refractivity contribution < 1.29 is 14.2 Å². The van der Waals surface area contributed by atoms with Gasteiger partial charge in [0.1, 0.15) is 24.9 Å². The number of hydrogen-bond donors (Lipinski definition) is 1. The monoisotopic (exact) mass is 449 g/mol. The van der Waals surface area contributed by atoms with Crippen LogP contribution in [0.4, 0.5) is 0 Å². The smallest absolute Gasteiger partial charge is 0.144 e. The predicted octanol–water partition coefficient (Wildman–Crippen LogP) is 4.47. The van der Waals surface area contributed by atoms with Crippen LogP contribution in [0.3, 0.4) is 0 Å². The van der Waals surface area contributed by atoms with Crippen LogP contribution in [0.1, 0.15) is 27.8 Å². The summed E-state index contributed by atoms with van der Waals surface area (Å²) >= 11 is 0. The Morgan fingerprint density at radius 3 is 1.71 bits per heavy atom. The van der Waals surface area contributed by atoms with Gasteiger partial charge in [0.2, 0.25) is 0 Å². The lowest BCUT2D eigenvalue weighted by Crippen LogP contribution is -2.33. The predicted molar refractivity (Wildman–Crippen MR) is 137 cm³/mol. The molecule has 0 aliphatic heterocycles. The van der Waals surface area contributed by atoms with Crippen LogP contribution in [0.15, 0.2) is 97.1 Å². The molecule has 0 unspecified atom stereocenters. The lowest BCUT2D eigenvalue weighted by atomic mass is 9.80. The Morgan fingerprint density at radius 1 is 0.706 bits per heavy atom. The van der Waals surface area contributed by atoms with Gasteiger partial charge in [0, 0.05) is 6.54 Å². The molecule has 4 nitrogen and oxygen atoms in total. The summed E-state index contributed by atoms with van der Waals surface area (Å²) in [6, 6.07) is 32.1. The Balaban J connectivity index is 1.86. The van der Waals surface area contributed by atoms with E-state index < -0.39 is 5.60 Å². The van der Waals surface area contributed by atoms with E-state index in [4.69, 9.17) is 27.8 Å². The minimum Gasteiger partial charge on any atom is -0.497 e. The molecule has 34 heavy (non-hydrogen) atoms. The molecule has 4 rings (SSSR count). The average Bonchev–Trinajstić information content (AvgIpc) is 2.90. The van der Waals surface area contributed by atoms with Crippen molar-refractivity contribution in [2.24, 2.45) is 5.73 Å². The summed E-state index contributed by atoms with van der Waals surface area (Å²) in [5.41, 5.74) is 10.4. The molecule has 0 fully saturated rings. The second-order valence-corrected chi connectivity index (χ2v) is 8.03. The Hall–Kier alpha value is -3.54. The Bertz CT molecular complexity index is 1160. The fraction of sp³-hybridized carbons (Fsp3) is 0.172. The van der Waals surface area contributed by atoms with Crippen LogP contribution >= 0.6 is 0 Å². The van der Waals surface area contributed by atoms with Crippen molar-refractivity contribution in [2.45, 2.75) is 18.8 Å². The summed E-state index contributed by atoms with van der Waals surface area (Å²) in [5, 5.41) is 0. The molecular formula is C29H28BNO3. The minimum atomic E-state index is -0.874. The highest BCUT2D eigenvalue weighted by Crippen LogP contribution is 2.42. The van der Waals surface area contributed by atoms with E-state index in [0.717, 1.165) is 39.3 Å². The molecule has 0 atom stereocenters. The molecular weight excluding hydrogens is 421 g/mol. The Labute approximate surface area is 202 Å². The maximum absolute atomic E-state index is 6.88. The quantitative estimate of drug-likeness (QED) is 0.303. The van der Waals surface area contributed by atoms with Crippen LogP contribution in [-0.4, -0.2) is 22.1 Å². The first kappa shape index (κ1) is 23.6. The summed E-state index contributed by atoms with van der Waals surface area (Å²) < 4.78 is 17.7. The lowest BCUT2D eigenvalue weighted by molar-refractivity contribution is 0.000218. The van der Waals surface area contributed by atoms with Gasteiger partial charge in [-0.3, -0.25) is 0 Å². The van der Waals surface area contributed by atoms with Crippen molar-refractivity contribution in [3.63, 3.8) is 0 Å². The van der Waals surface area contributed by atoms with E-state index in [1.165, 1.54) is 0 Å².